The highest BCUT2D eigenvalue weighted by Crippen LogP contribution is 2.27. The summed E-state index contributed by atoms with van der Waals surface area (Å²) in [7, 11) is 1.76. The number of likely N-dealkylation sites (N-methyl/N-ethyl adjacent to an activating group) is 1. The largest absolute Gasteiger partial charge is 0.439 e. The smallest absolute Gasteiger partial charge is 0.353 e. The van der Waals surface area contributed by atoms with E-state index in [1.807, 2.05) is 44.0 Å². The Kier molecular flexibility index (Phi) is 8.59. The molecule has 38 heavy (non-hydrogen) atoms. The summed E-state index contributed by atoms with van der Waals surface area (Å²) in [6.07, 6.45) is 0. The van der Waals surface area contributed by atoms with Crippen LogP contribution in [0.1, 0.15) is 30.5 Å². The standard InChI is InChI=1S/C27H35N7O4/c1-18(2)28-11-12-29-24(35)16-33(23-13-20(10-9-19(23)3)26-30-27(37)38-31-26)17-25(36)32(4)34-14-21-7-5-6-8-22(21)15-34/h5-10,13,18,28H,11-12,14-17H2,1-4H3,(H,29,35)(H,30,31,37). The third-order valence-corrected chi connectivity index (χ3v) is 6.53. The number of H-pyrrole nitrogens is 1. The molecule has 2 amide bonds. The van der Waals surface area contributed by atoms with Crippen molar-refractivity contribution in [1.82, 2.24) is 30.8 Å². The summed E-state index contributed by atoms with van der Waals surface area (Å²) in [6, 6.07) is 13.9. The van der Waals surface area contributed by atoms with E-state index in [0.717, 1.165) is 5.56 Å². The first kappa shape index (κ1) is 27.1. The van der Waals surface area contributed by atoms with E-state index >= 15 is 0 Å². The molecule has 11 heteroatoms. The Balaban J connectivity index is 1.52. The maximum absolute atomic E-state index is 13.5. The van der Waals surface area contributed by atoms with Gasteiger partial charge in [-0.2, -0.15) is 0 Å². The lowest BCUT2D eigenvalue weighted by molar-refractivity contribution is -0.145. The van der Waals surface area contributed by atoms with E-state index in [-0.39, 0.29) is 30.7 Å². The average molecular weight is 522 g/mol. The number of rotatable bonds is 11. The normalized spacial score (nSPS) is 13.0. The number of fused-ring (bicyclic) bond motifs is 1. The molecule has 0 aliphatic carbocycles. The van der Waals surface area contributed by atoms with Crippen molar-refractivity contribution in [1.29, 1.82) is 0 Å². The monoisotopic (exact) mass is 521 g/mol. The lowest BCUT2D eigenvalue weighted by Gasteiger charge is -2.32. The molecule has 3 aromatic rings. The first-order chi connectivity index (χ1) is 18.2. The summed E-state index contributed by atoms with van der Waals surface area (Å²) < 4.78 is 4.65. The van der Waals surface area contributed by atoms with E-state index in [9.17, 15) is 14.4 Å². The van der Waals surface area contributed by atoms with Gasteiger partial charge in [0.2, 0.25) is 5.91 Å². The zero-order valence-electron chi connectivity index (χ0n) is 22.3. The van der Waals surface area contributed by atoms with E-state index in [1.54, 1.807) is 29.1 Å². The van der Waals surface area contributed by atoms with E-state index in [0.29, 0.717) is 43.5 Å². The number of aryl methyl sites for hydroxylation is 1. The lowest BCUT2D eigenvalue weighted by atomic mass is 10.1. The number of hydrogen-bond donors (Lipinski definition) is 3. The first-order valence-corrected chi connectivity index (χ1v) is 12.7. The van der Waals surface area contributed by atoms with Gasteiger partial charge in [0.15, 0.2) is 5.82 Å². The van der Waals surface area contributed by atoms with Gasteiger partial charge in [0, 0.05) is 50.5 Å². The molecule has 1 aliphatic rings. The number of hydrazine groups is 1. The maximum Gasteiger partial charge on any atom is 0.439 e. The summed E-state index contributed by atoms with van der Waals surface area (Å²) >= 11 is 0. The number of anilines is 1. The Morgan fingerprint density at radius 2 is 1.82 bits per heavy atom. The minimum absolute atomic E-state index is 0.0128. The minimum Gasteiger partial charge on any atom is -0.353 e. The van der Waals surface area contributed by atoms with Crippen molar-refractivity contribution in [2.75, 3.05) is 38.1 Å². The van der Waals surface area contributed by atoms with Gasteiger partial charge in [-0.1, -0.05) is 55.4 Å². The van der Waals surface area contributed by atoms with Gasteiger partial charge in [-0.15, -0.1) is 0 Å². The van der Waals surface area contributed by atoms with Crippen LogP contribution in [-0.2, 0) is 22.7 Å². The number of benzene rings is 2. The highest BCUT2D eigenvalue weighted by molar-refractivity contribution is 5.87. The van der Waals surface area contributed by atoms with Gasteiger partial charge in [-0.25, -0.2) is 9.80 Å². The molecule has 0 saturated heterocycles. The fraction of sp³-hybridized carbons (Fsp3) is 0.407. The van der Waals surface area contributed by atoms with E-state index < -0.39 is 5.76 Å². The zero-order chi connectivity index (χ0) is 27.2. The molecule has 2 heterocycles. The lowest BCUT2D eigenvalue weighted by Crippen LogP contribution is -2.48. The van der Waals surface area contributed by atoms with Crippen LogP contribution in [0.25, 0.3) is 11.4 Å². The van der Waals surface area contributed by atoms with Gasteiger partial charge in [0.05, 0.1) is 13.1 Å². The van der Waals surface area contributed by atoms with Crippen molar-refractivity contribution in [3.8, 4) is 11.4 Å². The SMILES string of the molecule is Cc1ccc(-c2noc(=O)[nH]2)cc1N(CC(=O)NCCNC(C)C)CC(=O)N(C)N1Cc2ccccc2C1. The summed E-state index contributed by atoms with van der Waals surface area (Å²) in [5.41, 5.74) is 4.57. The molecule has 1 aliphatic heterocycles. The third kappa shape index (κ3) is 6.67. The highest BCUT2D eigenvalue weighted by Gasteiger charge is 2.27. The van der Waals surface area contributed by atoms with Crippen LogP contribution in [0.2, 0.25) is 0 Å². The molecule has 0 bridgehead atoms. The van der Waals surface area contributed by atoms with Crippen LogP contribution in [0, 0.1) is 6.92 Å². The van der Waals surface area contributed by atoms with Crippen LogP contribution in [0.4, 0.5) is 5.69 Å². The Morgan fingerprint density at radius 1 is 1.11 bits per heavy atom. The summed E-state index contributed by atoms with van der Waals surface area (Å²) in [6.45, 7) is 8.39. The third-order valence-electron chi connectivity index (χ3n) is 6.53. The molecular formula is C27H35N7O4. The Morgan fingerprint density at radius 3 is 2.45 bits per heavy atom. The Hall–Kier alpha value is -3.96. The fourth-order valence-electron chi connectivity index (χ4n) is 4.42. The predicted octanol–water partition coefficient (Wildman–Crippen LogP) is 1.65. The zero-order valence-corrected chi connectivity index (χ0v) is 22.3. The van der Waals surface area contributed by atoms with Crippen LogP contribution in [0.3, 0.4) is 0 Å². The highest BCUT2D eigenvalue weighted by atomic mass is 16.5. The number of carbonyl (C=O) groups is 2. The van der Waals surface area contributed by atoms with Crippen molar-refractivity contribution < 1.29 is 14.1 Å². The second kappa shape index (κ2) is 12.1. The van der Waals surface area contributed by atoms with Crippen molar-refractivity contribution >= 4 is 17.5 Å². The fourth-order valence-corrected chi connectivity index (χ4v) is 4.42. The molecule has 0 unspecified atom stereocenters. The molecular weight excluding hydrogens is 486 g/mol. The number of aromatic amines is 1. The molecule has 202 valence electrons. The Bertz CT molecular complexity index is 1310. The van der Waals surface area contributed by atoms with Crippen molar-refractivity contribution in [2.45, 2.75) is 39.9 Å². The number of carbonyl (C=O) groups excluding carboxylic acids is 2. The van der Waals surface area contributed by atoms with Crippen molar-refractivity contribution in [3.63, 3.8) is 0 Å². The topological polar surface area (TPSA) is 127 Å². The van der Waals surface area contributed by atoms with Crippen LogP contribution >= 0.6 is 0 Å². The van der Waals surface area contributed by atoms with Gasteiger partial charge in [-0.05, 0) is 29.7 Å². The summed E-state index contributed by atoms with van der Waals surface area (Å²) in [5.74, 6) is -0.721. The van der Waals surface area contributed by atoms with Gasteiger partial charge in [0.1, 0.15) is 0 Å². The summed E-state index contributed by atoms with van der Waals surface area (Å²) in [5, 5.41) is 13.6. The van der Waals surface area contributed by atoms with E-state index in [2.05, 4.69) is 37.4 Å². The predicted molar refractivity (Wildman–Crippen MR) is 144 cm³/mol. The summed E-state index contributed by atoms with van der Waals surface area (Å²) in [4.78, 5) is 42.2. The molecule has 0 atom stereocenters. The van der Waals surface area contributed by atoms with Gasteiger partial charge in [0.25, 0.3) is 5.91 Å². The molecule has 0 radical (unpaired) electrons. The van der Waals surface area contributed by atoms with Crippen molar-refractivity contribution in [3.05, 3.63) is 69.7 Å². The van der Waals surface area contributed by atoms with Gasteiger partial charge in [-0.3, -0.25) is 24.1 Å². The number of aromatic nitrogens is 2. The molecule has 0 saturated carbocycles. The number of hydrogen-bond acceptors (Lipinski definition) is 8. The van der Waals surface area contributed by atoms with Crippen molar-refractivity contribution in [2.24, 2.45) is 0 Å². The molecule has 0 spiro atoms. The van der Waals surface area contributed by atoms with Gasteiger partial charge >= 0.3 is 5.76 Å². The van der Waals surface area contributed by atoms with Crippen LogP contribution in [0.5, 0.6) is 0 Å². The van der Waals surface area contributed by atoms with E-state index in [4.69, 9.17) is 0 Å². The number of nitrogens with one attached hydrogen (secondary N) is 3. The molecule has 0 fully saturated rings. The molecule has 1 aromatic heterocycles. The molecule has 4 rings (SSSR count). The van der Waals surface area contributed by atoms with Crippen LogP contribution in [-0.4, -0.2) is 71.2 Å². The average Bonchev–Trinajstić information content (AvgIpc) is 3.52. The first-order valence-electron chi connectivity index (χ1n) is 12.7. The van der Waals surface area contributed by atoms with Crippen LogP contribution < -0.4 is 21.3 Å². The van der Waals surface area contributed by atoms with Crippen LogP contribution in [0.15, 0.2) is 51.8 Å². The molecule has 3 N–H and O–H groups in total. The number of nitrogens with zero attached hydrogens (tertiary/aromatic N) is 4. The molecule has 11 nitrogen and oxygen atoms in total. The Labute approximate surface area is 221 Å². The maximum atomic E-state index is 13.5. The minimum atomic E-state index is -0.656. The second-order valence-electron chi connectivity index (χ2n) is 9.77. The molecule has 2 aromatic carbocycles. The van der Waals surface area contributed by atoms with Gasteiger partial charge < -0.3 is 15.5 Å². The quantitative estimate of drug-likeness (QED) is 0.325. The number of amides is 2. The second-order valence-corrected chi connectivity index (χ2v) is 9.77. The van der Waals surface area contributed by atoms with E-state index in [1.165, 1.54) is 11.1 Å².